The molecule has 2 rings (SSSR count). The third-order valence-electron chi connectivity index (χ3n) is 2.52. The van der Waals surface area contributed by atoms with Gasteiger partial charge in [-0.3, -0.25) is 4.79 Å². The van der Waals surface area contributed by atoms with Gasteiger partial charge in [-0.2, -0.15) is 0 Å². The van der Waals surface area contributed by atoms with Crippen LogP contribution in [0.4, 0.5) is 13.2 Å². The molecule has 106 valence electrons. The summed E-state index contributed by atoms with van der Waals surface area (Å²) in [6.45, 7) is 1.74. The van der Waals surface area contributed by atoms with E-state index in [2.05, 4.69) is 9.72 Å². The van der Waals surface area contributed by atoms with E-state index >= 15 is 0 Å². The highest BCUT2D eigenvalue weighted by atomic mass is 32.1. The lowest BCUT2D eigenvalue weighted by Gasteiger charge is -2.09. The Hall–Kier alpha value is -1.89. The Morgan fingerprint density at radius 3 is 2.45 bits per heavy atom. The highest BCUT2D eigenvalue weighted by Gasteiger charge is 2.30. The number of rotatable bonds is 4. The van der Waals surface area contributed by atoms with Crippen LogP contribution in [0.1, 0.15) is 20.9 Å². The number of aromatic nitrogens is 1. The number of hydrogen-bond acceptors (Lipinski definition) is 4. The van der Waals surface area contributed by atoms with Crippen molar-refractivity contribution in [1.29, 1.82) is 0 Å². The van der Waals surface area contributed by atoms with Crippen molar-refractivity contribution in [2.75, 3.05) is 0 Å². The number of alkyl halides is 3. The van der Waals surface area contributed by atoms with Gasteiger partial charge in [-0.15, -0.1) is 24.5 Å². The number of carbonyl (C=O) groups excluding carboxylic acids is 1. The van der Waals surface area contributed by atoms with Crippen LogP contribution >= 0.6 is 11.3 Å². The van der Waals surface area contributed by atoms with E-state index in [4.69, 9.17) is 0 Å². The van der Waals surface area contributed by atoms with Gasteiger partial charge >= 0.3 is 6.36 Å². The fraction of sp³-hybridized carbons (Fsp3) is 0.231. The molecule has 0 aliphatic heterocycles. The van der Waals surface area contributed by atoms with Crippen LogP contribution in [0.15, 0.2) is 29.8 Å². The van der Waals surface area contributed by atoms with E-state index in [0.29, 0.717) is 16.1 Å². The Balaban J connectivity index is 2.04. The van der Waals surface area contributed by atoms with E-state index < -0.39 is 6.36 Å². The Morgan fingerprint density at radius 1 is 1.30 bits per heavy atom. The van der Waals surface area contributed by atoms with Crippen molar-refractivity contribution in [3.05, 3.63) is 45.9 Å². The molecule has 0 spiro atoms. The van der Waals surface area contributed by atoms with Gasteiger partial charge in [0, 0.05) is 6.42 Å². The molecule has 0 saturated heterocycles. The number of nitrogens with zero attached hydrogens (tertiary/aromatic N) is 1. The quantitative estimate of drug-likeness (QED) is 0.807. The summed E-state index contributed by atoms with van der Waals surface area (Å²) in [6.07, 6.45) is -4.59. The molecule has 20 heavy (non-hydrogen) atoms. The number of carbonyl (C=O) groups is 1. The summed E-state index contributed by atoms with van der Waals surface area (Å²) in [5.41, 5.74) is 2.87. The van der Waals surface area contributed by atoms with Crippen LogP contribution in [-0.2, 0) is 6.42 Å². The van der Waals surface area contributed by atoms with Crippen LogP contribution in [0.2, 0.25) is 0 Å². The van der Waals surface area contributed by atoms with Crippen LogP contribution < -0.4 is 4.74 Å². The number of ketones is 1. The van der Waals surface area contributed by atoms with Gasteiger partial charge in [-0.1, -0.05) is 12.1 Å². The van der Waals surface area contributed by atoms with Crippen molar-refractivity contribution < 1.29 is 22.7 Å². The third kappa shape index (κ3) is 3.80. The van der Waals surface area contributed by atoms with E-state index in [1.165, 1.54) is 35.6 Å². The molecule has 0 amide bonds. The number of benzene rings is 1. The van der Waals surface area contributed by atoms with Crippen molar-refractivity contribution in [1.82, 2.24) is 4.98 Å². The molecular weight excluding hydrogens is 291 g/mol. The number of hydrogen-bond donors (Lipinski definition) is 0. The molecule has 2 aromatic rings. The van der Waals surface area contributed by atoms with Gasteiger partial charge in [0.15, 0.2) is 5.78 Å². The van der Waals surface area contributed by atoms with Gasteiger partial charge in [0.05, 0.1) is 16.1 Å². The van der Waals surface area contributed by atoms with Crippen LogP contribution in [0.5, 0.6) is 5.75 Å². The zero-order valence-electron chi connectivity index (χ0n) is 10.4. The molecular formula is C13H10F3NO2S. The zero-order chi connectivity index (χ0) is 14.8. The first kappa shape index (κ1) is 14.5. The smallest absolute Gasteiger partial charge is 0.406 e. The highest BCUT2D eigenvalue weighted by molar-refractivity contribution is 7.11. The van der Waals surface area contributed by atoms with Crippen LogP contribution in [0, 0.1) is 6.92 Å². The Labute approximate surface area is 117 Å². The molecule has 0 aliphatic carbocycles. The minimum Gasteiger partial charge on any atom is -0.406 e. The Morgan fingerprint density at radius 2 is 1.95 bits per heavy atom. The first-order valence-electron chi connectivity index (χ1n) is 5.63. The fourth-order valence-electron chi connectivity index (χ4n) is 1.64. The van der Waals surface area contributed by atoms with Gasteiger partial charge in [0.2, 0.25) is 0 Å². The summed E-state index contributed by atoms with van der Waals surface area (Å²) in [7, 11) is 0. The zero-order valence-corrected chi connectivity index (χ0v) is 11.2. The Bertz CT molecular complexity index is 605. The summed E-state index contributed by atoms with van der Waals surface area (Å²) in [6, 6.07) is 5.26. The summed E-state index contributed by atoms with van der Waals surface area (Å²) in [4.78, 5) is 16.5. The van der Waals surface area contributed by atoms with Crippen LogP contribution in [-0.4, -0.2) is 17.1 Å². The van der Waals surface area contributed by atoms with Gasteiger partial charge in [0.1, 0.15) is 5.75 Å². The Kier molecular flexibility index (Phi) is 4.08. The highest BCUT2D eigenvalue weighted by Crippen LogP contribution is 2.23. The number of halogens is 3. The molecule has 0 N–H and O–H groups in total. The lowest BCUT2D eigenvalue weighted by Crippen LogP contribution is -2.17. The summed E-state index contributed by atoms with van der Waals surface area (Å²) >= 11 is 1.25. The maximum absolute atomic E-state index is 12.0. The minimum absolute atomic E-state index is 0.102. The van der Waals surface area contributed by atoms with Gasteiger partial charge in [-0.05, 0) is 24.6 Å². The maximum Gasteiger partial charge on any atom is 0.573 e. The monoisotopic (exact) mass is 301 g/mol. The molecule has 0 radical (unpaired) electrons. The standard InChI is InChI=1S/C13H10F3NO2S/c1-8-12(20-7-17-8)11(18)6-9-2-4-10(5-3-9)19-13(14,15)16/h2-5,7H,6H2,1H3. The second-order valence-corrected chi connectivity index (χ2v) is 4.91. The third-order valence-corrected chi connectivity index (χ3v) is 3.49. The maximum atomic E-state index is 12.0. The van der Waals surface area contributed by atoms with Crippen molar-refractivity contribution in [2.24, 2.45) is 0 Å². The first-order valence-corrected chi connectivity index (χ1v) is 6.51. The normalized spacial score (nSPS) is 11.4. The number of aryl methyl sites for hydroxylation is 1. The largest absolute Gasteiger partial charge is 0.573 e. The number of ether oxygens (including phenoxy) is 1. The van der Waals surface area contributed by atoms with Crippen molar-refractivity contribution in [3.63, 3.8) is 0 Å². The second-order valence-electron chi connectivity index (χ2n) is 4.06. The average Bonchev–Trinajstić information content (AvgIpc) is 2.76. The fourth-order valence-corrected chi connectivity index (χ4v) is 2.39. The van der Waals surface area contributed by atoms with Gasteiger partial charge in [0.25, 0.3) is 0 Å². The molecule has 0 fully saturated rings. The molecule has 1 heterocycles. The number of Topliss-reactive ketones (excluding diaryl/α,β-unsaturated/α-hetero) is 1. The van der Waals surface area contributed by atoms with Gasteiger partial charge in [-0.25, -0.2) is 4.98 Å². The van der Waals surface area contributed by atoms with E-state index in [1.54, 1.807) is 12.4 Å². The van der Waals surface area contributed by atoms with Crippen molar-refractivity contribution in [2.45, 2.75) is 19.7 Å². The van der Waals surface area contributed by atoms with Crippen LogP contribution in [0.25, 0.3) is 0 Å². The second kappa shape index (κ2) is 5.62. The summed E-state index contributed by atoms with van der Waals surface area (Å²) < 4.78 is 39.8. The van der Waals surface area contributed by atoms with E-state index in [9.17, 15) is 18.0 Å². The molecule has 0 bridgehead atoms. The van der Waals surface area contributed by atoms with Crippen molar-refractivity contribution >= 4 is 17.1 Å². The van der Waals surface area contributed by atoms with E-state index in [0.717, 1.165) is 0 Å². The predicted molar refractivity (Wildman–Crippen MR) is 68.0 cm³/mol. The molecule has 3 nitrogen and oxygen atoms in total. The van der Waals surface area contributed by atoms with Gasteiger partial charge < -0.3 is 4.74 Å². The topological polar surface area (TPSA) is 39.2 Å². The first-order chi connectivity index (χ1) is 9.35. The van der Waals surface area contributed by atoms with E-state index in [1.807, 2.05) is 0 Å². The molecule has 1 aromatic carbocycles. The molecule has 1 aromatic heterocycles. The van der Waals surface area contributed by atoms with Crippen LogP contribution in [0.3, 0.4) is 0 Å². The predicted octanol–water partition coefficient (Wildman–Crippen LogP) is 3.78. The van der Waals surface area contributed by atoms with Crippen molar-refractivity contribution in [3.8, 4) is 5.75 Å². The average molecular weight is 301 g/mol. The molecule has 0 atom stereocenters. The summed E-state index contributed by atoms with van der Waals surface area (Å²) in [5, 5.41) is 0. The lowest BCUT2D eigenvalue weighted by atomic mass is 10.1. The molecule has 0 aliphatic rings. The molecule has 0 unspecified atom stereocenters. The lowest BCUT2D eigenvalue weighted by molar-refractivity contribution is -0.274. The minimum atomic E-state index is -4.71. The molecule has 7 heteroatoms. The van der Waals surface area contributed by atoms with E-state index in [-0.39, 0.29) is 18.0 Å². The SMILES string of the molecule is Cc1ncsc1C(=O)Cc1ccc(OC(F)(F)F)cc1. The number of thiazole rings is 1. The summed E-state index contributed by atoms with van der Waals surface area (Å²) in [5.74, 6) is -0.405. The molecule has 0 saturated carbocycles.